The molecule has 39 heavy (non-hydrogen) atoms. The summed E-state index contributed by atoms with van der Waals surface area (Å²) in [5.74, 6) is 0.530. The van der Waals surface area contributed by atoms with Crippen LogP contribution in [0.3, 0.4) is 0 Å². The SMILES string of the molecule is COc1cncc(-c2cn(-c3cc(NC(=O)c4cc(CN5CCCC5)cc(C(C)(C)C)c4)ccc3C)nn2)c1. The smallest absolute Gasteiger partial charge is 0.255 e. The van der Waals surface area contributed by atoms with Gasteiger partial charge in [-0.05, 0) is 85.3 Å². The van der Waals surface area contributed by atoms with E-state index in [1.54, 1.807) is 24.2 Å². The van der Waals surface area contributed by atoms with Crippen LogP contribution in [0.15, 0.2) is 61.1 Å². The van der Waals surface area contributed by atoms with Gasteiger partial charge in [-0.1, -0.05) is 38.1 Å². The Morgan fingerprint density at radius 3 is 2.59 bits per heavy atom. The van der Waals surface area contributed by atoms with Gasteiger partial charge >= 0.3 is 0 Å². The fraction of sp³-hybridized carbons (Fsp3) is 0.355. The fourth-order valence-corrected chi connectivity index (χ4v) is 4.87. The maximum Gasteiger partial charge on any atom is 0.255 e. The standard InChI is InChI=1S/C31H36N6O2/c1-21-8-9-26(16-29(21)37-20-28(34-35-37)24-15-27(39-5)18-32-17-24)33-30(38)23-12-22(19-36-10-6-7-11-36)13-25(14-23)31(2,3)4/h8-9,12-18,20H,6-7,10-11,19H2,1-5H3,(H,33,38). The molecule has 8 heteroatoms. The Hall–Kier alpha value is -4.04. The fourth-order valence-electron chi connectivity index (χ4n) is 4.87. The van der Waals surface area contributed by atoms with Crippen molar-refractivity contribution in [1.82, 2.24) is 24.9 Å². The summed E-state index contributed by atoms with van der Waals surface area (Å²) >= 11 is 0. The number of rotatable bonds is 7. The predicted octanol–water partition coefficient (Wildman–Crippen LogP) is 5.79. The molecular formula is C31H36N6O2. The number of likely N-dealkylation sites (tertiary alicyclic amines) is 1. The van der Waals surface area contributed by atoms with Gasteiger partial charge < -0.3 is 10.1 Å². The first-order valence-corrected chi connectivity index (χ1v) is 13.4. The molecule has 0 spiro atoms. The lowest BCUT2D eigenvalue weighted by Crippen LogP contribution is -2.21. The molecule has 2 aromatic heterocycles. The molecule has 1 aliphatic rings. The summed E-state index contributed by atoms with van der Waals surface area (Å²) in [6.45, 7) is 11.7. The second-order valence-corrected chi connectivity index (χ2v) is 11.3. The van der Waals surface area contributed by atoms with Gasteiger partial charge in [0.15, 0.2) is 0 Å². The number of hydrogen-bond donors (Lipinski definition) is 1. The average molecular weight is 525 g/mol. The molecule has 5 rings (SSSR count). The molecular weight excluding hydrogens is 488 g/mol. The third kappa shape index (κ3) is 6.17. The zero-order chi connectivity index (χ0) is 27.6. The van der Waals surface area contributed by atoms with Gasteiger partial charge in [-0.15, -0.1) is 5.10 Å². The molecule has 202 valence electrons. The first kappa shape index (κ1) is 26.6. The molecule has 0 unspecified atom stereocenters. The number of ether oxygens (including phenoxy) is 1. The molecule has 0 radical (unpaired) electrons. The number of hydrogen-bond acceptors (Lipinski definition) is 6. The van der Waals surface area contributed by atoms with Crippen molar-refractivity contribution in [2.24, 2.45) is 0 Å². The van der Waals surface area contributed by atoms with E-state index in [0.717, 1.165) is 42.0 Å². The van der Waals surface area contributed by atoms with Gasteiger partial charge in [-0.2, -0.15) is 0 Å². The highest BCUT2D eigenvalue weighted by Crippen LogP contribution is 2.27. The van der Waals surface area contributed by atoms with E-state index in [0.29, 0.717) is 22.7 Å². The lowest BCUT2D eigenvalue weighted by atomic mass is 9.85. The van der Waals surface area contributed by atoms with E-state index in [2.05, 4.69) is 52.4 Å². The van der Waals surface area contributed by atoms with Crippen molar-refractivity contribution < 1.29 is 9.53 Å². The minimum absolute atomic E-state index is 0.0594. The number of methoxy groups -OCH3 is 1. The van der Waals surface area contributed by atoms with Crippen LogP contribution < -0.4 is 10.1 Å². The van der Waals surface area contributed by atoms with Gasteiger partial charge in [-0.25, -0.2) is 4.68 Å². The number of benzene rings is 2. The normalized spacial score (nSPS) is 14.0. The highest BCUT2D eigenvalue weighted by molar-refractivity contribution is 6.04. The third-order valence-electron chi connectivity index (χ3n) is 7.18. The summed E-state index contributed by atoms with van der Waals surface area (Å²) in [4.78, 5) is 20.2. The molecule has 1 fully saturated rings. The largest absolute Gasteiger partial charge is 0.495 e. The Morgan fingerprint density at radius 2 is 1.85 bits per heavy atom. The summed E-state index contributed by atoms with van der Waals surface area (Å²) in [5.41, 5.74) is 6.99. The molecule has 0 atom stereocenters. The Balaban J connectivity index is 1.40. The highest BCUT2D eigenvalue weighted by Gasteiger charge is 2.20. The van der Waals surface area contributed by atoms with Crippen molar-refractivity contribution >= 4 is 11.6 Å². The van der Waals surface area contributed by atoms with Crippen LogP contribution in [-0.2, 0) is 12.0 Å². The van der Waals surface area contributed by atoms with Gasteiger partial charge in [0.1, 0.15) is 11.4 Å². The van der Waals surface area contributed by atoms with E-state index in [4.69, 9.17) is 4.74 Å². The van der Waals surface area contributed by atoms with Crippen LogP contribution in [0.1, 0.15) is 60.7 Å². The molecule has 8 nitrogen and oxygen atoms in total. The number of amides is 1. The molecule has 2 aromatic carbocycles. The Morgan fingerprint density at radius 1 is 1.05 bits per heavy atom. The van der Waals surface area contributed by atoms with Crippen LogP contribution in [0.25, 0.3) is 16.9 Å². The van der Waals surface area contributed by atoms with Crippen molar-refractivity contribution in [3.63, 3.8) is 0 Å². The minimum Gasteiger partial charge on any atom is -0.495 e. The van der Waals surface area contributed by atoms with E-state index in [1.165, 1.54) is 18.4 Å². The second kappa shape index (κ2) is 11.0. The summed E-state index contributed by atoms with van der Waals surface area (Å²) in [6.07, 6.45) is 7.71. The average Bonchev–Trinajstić information content (AvgIpc) is 3.62. The monoisotopic (exact) mass is 524 g/mol. The lowest BCUT2D eigenvalue weighted by molar-refractivity contribution is 0.102. The molecule has 4 aromatic rings. The van der Waals surface area contributed by atoms with Crippen LogP contribution in [-0.4, -0.2) is 51.0 Å². The minimum atomic E-state index is -0.125. The lowest BCUT2D eigenvalue weighted by Gasteiger charge is -2.23. The van der Waals surface area contributed by atoms with E-state index < -0.39 is 0 Å². The van der Waals surface area contributed by atoms with Gasteiger partial charge in [0.25, 0.3) is 5.91 Å². The summed E-state index contributed by atoms with van der Waals surface area (Å²) in [5, 5.41) is 11.8. The number of carbonyl (C=O) groups is 1. The van der Waals surface area contributed by atoms with Crippen LogP contribution in [0, 0.1) is 6.92 Å². The predicted molar refractivity (Wildman–Crippen MR) is 153 cm³/mol. The van der Waals surface area contributed by atoms with Gasteiger partial charge in [0.05, 0.1) is 25.2 Å². The number of carbonyl (C=O) groups excluding carboxylic acids is 1. The number of anilines is 1. The molecule has 0 bridgehead atoms. The topological polar surface area (TPSA) is 85.2 Å². The van der Waals surface area contributed by atoms with Crippen LogP contribution in [0.4, 0.5) is 5.69 Å². The number of nitrogens with zero attached hydrogens (tertiary/aromatic N) is 5. The van der Waals surface area contributed by atoms with E-state index in [-0.39, 0.29) is 11.3 Å². The molecule has 3 heterocycles. The number of nitrogens with one attached hydrogen (secondary N) is 1. The van der Waals surface area contributed by atoms with E-state index >= 15 is 0 Å². The molecule has 0 saturated carbocycles. The maximum absolute atomic E-state index is 13.5. The van der Waals surface area contributed by atoms with Crippen molar-refractivity contribution in [2.45, 2.75) is 52.5 Å². The van der Waals surface area contributed by atoms with Crippen LogP contribution in [0.5, 0.6) is 5.75 Å². The first-order valence-electron chi connectivity index (χ1n) is 13.4. The molecule has 1 N–H and O–H groups in total. The Kier molecular flexibility index (Phi) is 7.48. The summed E-state index contributed by atoms with van der Waals surface area (Å²) < 4.78 is 7.00. The maximum atomic E-state index is 13.5. The number of aromatic nitrogens is 4. The number of pyridine rings is 1. The highest BCUT2D eigenvalue weighted by atomic mass is 16.5. The Labute approximate surface area is 230 Å². The summed E-state index contributed by atoms with van der Waals surface area (Å²) in [7, 11) is 1.61. The van der Waals surface area contributed by atoms with E-state index in [1.807, 2.05) is 49.5 Å². The molecule has 1 amide bonds. The van der Waals surface area contributed by atoms with Gasteiger partial charge in [-0.3, -0.25) is 14.7 Å². The second-order valence-electron chi connectivity index (χ2n) is 11.3. The van der Waals surface area contributed by atoms with Crippen LogP contribution in [0.2, 0.25) is 0 Å². The Bertz CT molecular complexity index is 1480. The van der Waals surface area contributed by atoms with Crippen molar-refractivity contribution in [3.8, 4) is 22.7 Å². The third-order valence-corrected chi connectivity index (χ3v) is 7.18. The van der Waals surface area contributed by atoms with E-state index in [9.17, 15) is 4.79 Å². The number of aryl methyl sites for hydroxylation is 1. The van der Waals surface area contributed by atoms with Crippen LogP contribution >= 0.6 is 0 Å². The summed E-state index contributed by atoms with van der Waals surface area (Å²) in [6, 6.07) is 14.0. The van der Waals surface area contributed by atoms with Gasteiger partial charge in [0, 0.05) is 29.6 Å². The first-order chi connectivity index (χ1) is 18.7. The molecule has 1 saturated heterocycles. The van der Waals surface area contributed by atoms with Gasteiger partial charge in [0.2, 0.25) is 0 Å². The molecule has 1 aliphatic heterocycles. The zero-order valence-electron chi connectivity index (χ0n) is 23.4. The van der Waals surface area contributed by atoms with Crippen molar-refractivity contribution in [1.29, 1.82) is 0 Å². The zero-order valence-corrected chi connectivity index (χ0v) is 23.4. The van der Waals surface area contributed by atoms with Crippen molar-refractivity contribution in [2.75, 3.05) is 25.5 Å². The quantitative estimate of drug-likeness (QED) is 0.329. The molecule has 0 aliphatic carbocycles. The van der Waals surface area contributed by atoms with Crippen molar-refractivity contribution in [3.05, 3.63) is 83.3 Å².